The zero-order valence-electron chi connectivity index (χ0n) is 19.4. The third kappa shape index (κ3) is 7.46. The Kier molecular flexibility index (Phi) is 9.51. The smallest absolute Gasteiger partial charge is 0.251 e. The van der Waals surface area contributed by atoms with Crippen LogP contribution in [0.2, 0.25) is 0 Å². The molecule has 0 spiro atoms. The van der Waals surface area contributed by atoms with E-state index in [1.807, 2.05) is 69.3 Å². The van der Waals surface area contributed by atoms with E-state index in [4.69, 9.17) is 14.2 Å². The first-order valence-corrected chi connectivity index (χ1v) is 12.2. The number of hydrogen-bond acceptors (Lipinski definition) is 5. The number of ether oxygens (including phenoxy) is 3. The minimum absolute atomic E-state index is 0.138. The number of carbonyl (C=O) groups is 1. The molecule has 3 aromatic rings. The van der Waals surface area contributed by atoms with E-state index in [0.29, 0.717) is 36.9 Å². The molecule has 33 heavy (non-hydrogen) atoms. The Labute approximate surface area is 200 Å². The number of carbonyl (C=O) groups excluding carboxylic acids is 1. The lowest BCUT2D eigenvalue weighted by Gasteiger charge is -2.17. The van der Waals surface area contributed by atoms with Crippen LogP contribution in [0.4, 0.5) is 0 Å². The molecule has 0 fully saturated rings. The van der Waals surface area contributed by atoms with E-state index < -0.39 is 0 Å². The van der Waals surface area contributed by atoms with Crippen molar-refractivity contribution in [2.24, 2.45) is 0 Å². The van der Waals surface area contributed by atoms with Crippen LogP contribution in [-0.2, 0) is 0 Å². The van der Waals surface area contributed by atoms with E-state index >= 15 is 0 Å². The Morgan fingerprint density at radius 3 is 2.27 bits per heavy atom. The number of nitrogens with one attached hydrogen (secondary N) is 1. The van der Waals surface area contributed by atoms with Gasteiger partial charge < -0.3 is 19.5 Å². The van der Waals surface area contributed by atoms with Crippen molar-refractivity contribution in [3.63, 3.8) is 0 Å². The highest BCUT2D eigenvalue weighted by Crippen LogP contribution is 2.31. The van der Waals surface area contributed by atoms with Crippen LogP contribution < -0.4 is 19.5 Å². The van der Waals surface area contributed by atoms with Crippen LogP contribution in [0.15, 0.2) is 77.7 Å². The number of rotatable bonds is 12. The summed E-state index contributed by atoms with van der Waals surface area (Å²) in [5.74, 6) is 2.86. The summed E-state index contributed by atoms with van der Waals surface area (Å²) in [6.45, 7) is 7.53. The molecule has 0 aliphatic heterocycles. The standard InChI is InChI=1S/C27H31NO4S/c1-4-30-25-16-13-22(19-26(25)31-5-2)20(3)28-27(29)21-11-14-23(15-12-21)32-17-18-33-24-9-7-6-8-10-24/h6-16,19-20H,4-5,17-18H2,1-3H3,(H,28,29)/t20-/m0/s1. The zero-order valence-corrected chi connectivity index (χ0v) is 20.2. The molecule has 0 bridgehead atoms. The first-order valence-electron chi connectivity index (χ1n) is 11.2. The zero-order chi connectivity index (χ0) is 23.5. The van der Waals surface area contributed by atoms with Crippen molar-refractivity contribution in [2.75, 3.05) is 25.6 Å². The lowest BCUT2D eigenvalue weighted by atomic mass is 10.1. The molecule has 5 nitrogen and oxygen atoms in total. The Balaban J connectivity index is 1.52. The highest BCUT2D eigenvalue weighted by Gasteiger charge is 2.14. The third-order valence-electron chi connectivity index (χ3n) is 4.90. The van der Waals surface area contributed by atoms with Gasteiger partial charge in [0.05, 0.1) is 25.9 Å². The van der Waals surface area contributed by atoms with Crippen molar-refractivity contribution in [2.45, 2.75) is 31.7 Å². The molecule has 1 amide bonds. The molecule has 0 unspecified atom stereocenters. The van der Waals surface area contributed by atoms with Crippen LogP contribution in [0, 0.1) is 0 Å². The molecule has 6 heteroatoms. The van der Waals surface area contributed by atoms with Gasteiger partial charge in [-0.25, -0.2) is 0 Å². The third-order valence-corrected chi connectivity index (χ3v) is 5.87. The van der Waals surface area contributed by atoms with Gasteiger partial charge in [-0.1, -0.05) is 24.3 Å². The van der Waals surface area contributed by atoms with Crippen LogP contribution in [0.25, 0.3) is 0 Å². The number of thioether (sulfide) groups is 1. The molecular weight excluding hydrogens is 434 g/mol. The van der Waals surface area contributed by atoms with E-state index in [1.54, 1.807) is 23.9 Å². The summed E-state index contributed by atoms with van der Waals surface area (Å²) >= 11 is 1.75. The van der Waals surface area contributed by atoms with Crippen LogP contribution in [0.1, 0.15) is 42.7 Å². The van der Waals surface area contributed by atoms with Gasteiger partial charge >= 0.3 is 0 Å². The second-order valence-electron chi connectivity index (χ2n) is 7.30. The molecule has 1 N–H and O–H groups in total. The van der Waals surface area contributed by atoms with Crippen LogP contribution in [0.3, 0.4) is 0 Å². The van der Waals surface area contributed by atoms with Crippen LogP contribution >= 0.6 is 11.8 Å². The minimum atomic E-state index is -0.182. The molecule has 0 aliphatic rings. The topological polar surface area (TPSA) is 56.8 Å². The van der Waals surface area contributed by atoms with E-state index in [1.165, 1.54) is 4.90 Å². The first kappa shape index (κ1) is 24.5. The fourth-order valence-corrected chi connectivity index (χ4v) is 3.99. The Bertz CT molecular complexity index is 1010. The molecular formula is C27H31NO4S. The number of amides is 1. The van der Waals surface area contributed by atoms with Gasteiger partial charge in [0.15, 0.2) is 11.5 Å². The predicted octanol–water partition coefficient (Wildman–Crippen LogP) is 6.15. The van der Waals surface area contributed by atoms with Crippen molar-refractivity contribution in [3.8, 4) is 17.2 Å². The molecule has 174 valence electrons. The van der Waals surface area contributed by atoms with Gasteiger partial charge in [0.1, 0.15) is 5.75 Å². The highest BCUT2D eigenvalue weighted by molar-refractivity contribution is 7.99. The van der Waals surface area contributed by atoms with Gasteiger partial charge in [0.2, 0.25) is 0 Å². The quantitative estimate of drug-likeness (QED) is 0.257. The molecule has 0 heterocycles. The Hall–Kier alpha value is -3.12. The normalized spacial score (nSPS) is 11.5. The van der Waals surface area contributed by atoms with E-state index in [9.17, 15) is 4.79 Å². The molecule has 0 radical (unpaired) electrons. The van der Waals surface area contributed by atoms with Gasteiger partial charge in [-0.15, -0.1) is 11.8 Å². The van der Waals surface area contributed by atoms with Gasteiger partial charge in [0, 0.05) is 16.2 Å². The summed E-state index contributed by atoms with van der Waals surface area (Å²) in [6, 6.07) is 23.0. The van der Waals surface area contributed by atoms with Gasteiger partial charge in [-0.3, -0.25) is 4.79 Å². The van der Waals surface area contributed by atoms with Crippen molar-refractivity contribution >= 4 is 17.7 Å². The monoisotopic (exact) mass is 465 g/mol. The van der Waals surface area contributed by atoms with E-state index in [-0.39, 0.29) is 11.9 Å². The molecule has 0 aliphatic carbocycles. The lowest BCUT2D eigenvalue weighted by Crippen LogP contribution is -2.26. The second-order valence-corrected chi connectivity index (χ2v) is 8.47. The van der Waals surface area contributed by atoms with E-state index in [0.717, 1.165) is 17.1 Å². The molecule has 0 saturated heterocycles. The molecule has 0 aromatic heterocycles. The predicted molar refractivity (Wildman–Crippen MR) is 134 cm³/mol. The molecule has 3 rings (SSSR count). The van der Waals surface area contributed by atoms with Crippen molar-refractivity contribution < 1.29 is 19.0 Å². The summed E-state index contributed by atoms with van der Waals surface area (Å²) in [5.41, 5.74) is 1.54. The minimum Gasteiger partial charge on any atom is -0.493 e. The first-order chi connectivity index (χ1) is 16.1. The lowest BCUT2D eigenvalue weighted by molar-refractivity contribution is 0.0939. The van der Waals surface area contributed by atoms with Gasteiger partial charge in [0.25, 0.3) is 5.91 Å². The fourth-order valence-electron chi connectivity index (χ4n) is 3.24. The van der Waals surface area contributed by atoms with E-state index in [2.05, 4.69) is 17.4 Å². The summed E-state index contributed by atoms with van der Waals surface area (Å²) < 4.78 is 17.1. The number of benzene rings is 3. The average Bonchev–Trinajstić information content (AvgIpc) is 2.84. The van der Waals surface area contributed by atoms with Crippen molar-refractivity contribution in [3.05, 3.63) is 83.9 Å². The average molecular weight is 466 g/mol. The molecule has 3 aromatic carbocycles. The van der Waals surface area contributed by atoms with Crippen molar-refractivity contribution in [1.29, 1.82) is 0 Å². The SMILES string of the molecule is CCOc1ccc([C@H](C)NC(=O)c2ccc(OCCSc3ccccc3)cc2)cc1OCC. The Morgan fingerprint density at radius 2 is 1.58 bits per heavy atom. The number of hydrogen-bond donors (Lipinski definition) is 1. The van der Waals surface area contributed by atoms with Crippen LogP contribution in [0.5, 0.6) is 17.2 Å². The van der Waals surface area contributed by atoms with Crippen molar-refractivity contribution in [1.82, 2.24) is 5.32 Å². The summed E-state index contributed by atoms with van der Waals surface area (Å²) in [7, 11) is 0. The molecule has 1 atom stereocenters. The maximum atomic E-state index is 12.7. The summed E-state index contributed by atoms with van der Waals surface area (Å²) in [6.07, 6.45) is 0. The second kappa shape index (κ2) is 12.8. The summed E-state index contributed by atoms with van der Waals surface area (Å²) in [4.78, 5) is 14.0. The fraction of sp³-hybridized carbons (Fsp3) is 0.296. The van der Waals surface area contributed by atoms with Gasteiger partial charge in [-0.2, -0.15) is 0 Å². The maximum absolute atomic E-state index is 12.7. The maximum Gasteiger partial charge on any atom is 0.251 e. The summed E-state index contributed by atoms with van der Waals surface area (Å²) in [5, 5.41) is 3.04. The Morgan fingerprint density at radius 1 is 0.879 bits per heavy atom. The highest BCUT2D eigenvalue weighted by atomic mass is 32.2. The van der Waals surface area contributed by atoms with Gasteiger partial charge in [-0.05, 0) is 74.9 Å². The largest absolute Gasteiger partial charge is 0.493 e. The molecule has 0 saturated carbocycles. The van der Waals surface area contributed by atoms with Crippen LogP contribution in [-0.4, -0.2) is 31.5 Å².